The third kappa shape index (κ3) is 2.69. The molecular formula is C17H14Cl2N4. The molecule has 0 spiro atoms. The number of pyridine rings is 1. The highest BCUT2D eigenvalue weighted by atomic mass is 35.5. The molecule has 4 nitrogen and oxygen atoms in total. The van der Waals surface area contributed by atoms with Gasteiger partial charge in [-0.1, -0.05) is 29.3 Å². The zero-order valence-corrected chi connectivity index (χ0v) is 13.8. The van der Waals surface area contributed by atoms with Crippen LogP contribution < -0.4 is 5.32 Å². The van der Waals surface area contributed by atoms with E-state index in [4.69, 9.17) is 28.3 Å². The fourth-order valence-corrected chi connectivity index (χ4v) is 3.25. The Bertz CT molecular complexity index is 859. The summed E-state index contributed by atoms with van der Waals surface area (Å²) in [6, 6.07) is 11.3. The molecule has 1 N–H and O–H groups in total. The first kappa shape index (κ1) is 14.5. The molecule has 0 fully saturated rings. The van der Waals surface area contributed by atoms with E-state index in [1.165, 1.54) is 5.56 Å². The minimum atomic E-state index is 0.623. The maximum Gasteiger partial charge on any atom is 0.133 e. The van der Waals surface area contributed by atoms with Crippen LogP contribution in [0.4, 0.5) is 5.82 Å². The molecule has 0 aliphatic carbocycles. The monoisotopic (exact) mass is 344 g/mol. The lowest BCUT2D eigenvalue weighted by molar-refractivity contribution is 0.834. The summed E-state index contributed by atoms with van der Waals surface area (Å²) in [7, 11) is 0. The van der Waals surface area contributed by atoms with Crippen LogP contribution in [0.1, 0.15) is 17.0 Å². The van der Waals surface area contributed by atoms with E-state index in [0.717, 1.165) is 35.9 Å². The molecule has 4 rings (SSSR count). The Morgan fingerprint density at radius 1 is 1.17 bits per heavy atom. The van der Waals surface area contributed by atoms with Crippen LogP contribution in [0.15, 0.2) is 42.6 Å². The fourth-order valence-electron chi connectivity index (χ4n) is 2.88. The molecule has 6 heteroatoms. The van der Waals surface area contributed by atoms with Crippen LogP contribution in [-0.4, -0.2) is 21.3 Å². The van der Waals surface area contributed by atoms with Crippen LogP contribution in [0.2, 0.25) is 10.0 Å². The highest BCUT2D eigenvalue weighted by Gasteiger charge is 2.24. The molecule has 3 heterocycles. The largest absolute Gasteiger partial charge is 0.369 e. The van der Waals surface area contributed by atoms with Gasteiger partial charge >= 0.3 is 0 Å². The lowest BCUT2D eigenvalue weighted by Crippen LogP contribution is -2.06. The predicted octanol–water partition coefficient (Wildman–Crippen LogP) is 4.13. The molecule has 1 aliphatic heterocycles. The van der Waals surface area contributed by atoms with E-state index in [-0.39, 0.29) is 0 Å². The zero-order valence-electron chi connectivity index (χ0n) is 12.3. The quantitative estimate of drug-likeness (QED) is 0.776. The van der Waals surface area contributed by atoms with E-state index in [0.29, 0.717) is 16.5 Å². The average molecular weight is 345 g/mol. The first-order chi connectivity index (χ1) is 11.2. The summed E-state index contributed by atoms with van der Waals surface area (Å²) in [5, 5.41) is 9.43. The van der Waals surface area contributed by atoms with Gasteiger partial charge in [0.15, 0.2) is 0 Å². The Labute approximate surface area is 144 Å². The molecule has 1 aromatic carbocycles. The Kier molecular flexibility index (Phi) is 3.71. The smallest absolute Gasteiger partial charge is 0.133 e. The SMILES string of the molecule is Clc1ccc(Cl)c(-n2nc(Cc3ccccn3)c3c2NCC3)c1. The normalized spacial score (nSPS) is 13.0. The van der Waals surface area contributed by atoms with Crippen molar-refractivity contribution in [3.05, 3.63) is 69.6 Å². The van der Waals surface area contributed by atoms with Crippen LogP contribution in [0.5, 0.6) is 0 Å². The third-order valence-corrected chi connectivity index (χ3v) is 4.50. The molecule has 3 aromatic rings. The Hall–Kier alpha value is -2.04. The zero-order chi connectivity index (χ0) is 15.8. The van der Waals surface area contributed by atoms with Gasteiger partial charge in [0.1, 0.15) is 5.82 Å². The van der Waals surface area contributed by atoms with Crippen molar-refractivity contribution in [2.45, 2.75) is 12.8 Å². The second-order valence-electron chi connectivity index (χ2n) is 5.46. The highest BCUT2D eigenvalue weighted by molar-refractivity contribution is 6.34. The van der Waals surface area contributed by atoms with E-state index in [1.807, 2.05) is 28.9 Å². The summed E-state index contributed by atoms with van der Waals surface area (Å²) in [5.41, 5.74) is 4.05. The van der Waals surface area contributed by atoms with E-state index < -0.39 is 0 Å². The molecule has 0 unspecified atom stereocenters. The second-order valence-corrected chi connectivity index (χ2v) is 6.30. The minimum Gasteiger partial charge on any atom is -0.369 e. The van der Waals surface area contributed by atoms with Gasteiger partial charge in [0, 0.05) is 35.4 Å². The number of aromatic nitrogens is 3. The number of benzene rings is 1. The van der Waals surface area contributed by atoms with Crippen molar-refractivity contribution in [3.8, 4) is 5.69 Å². The Balaban J connectivity index is 1.80. The molecule has 0 bridgehead atoms. The summed E-state index contributed by atoms with van der Waals surface area (Å²) in [6.07, 6.45) is 3.46. The predicted molar refractivity (Wildman–Crippen MR) is 92.8 cm³/mol. The van der Waals surface area contributed by atoms with Gasteiger partial charge in [-0.2, -0.15) is 5.10 Å². The van der Waals surface area contributed by atoms with E-state index in [9.17, 15) is 0 Å². The van der Waals surface area contributed by atoms with E-state index >= 15 is 0 Å². The number of fused-ring (bicyclic) bond motifs is 1. The maximum absolute atomic E-state index is 6.34. The lowest BCUT2D eigenvalue weighted by atomic mass is 10.1. The average Bonchev–Trinajstić information content (AvgIpc) is 3.15. The minimum absolute atomic E-state index is 0.623. The summed E-state index contributed by atoms with van der Waals surface area (Å²) in [5.74, 6) is 1.00. The van der Waals surface area contributed by atoms with Crippen LogP contribution >= 0.6 is 23.2 Å². The molecule has 0 radical (unpaired) electrons. The Morgan fingerprint density at radius 3 is 2.91 bits per heavy atom. The third-order valence-electron chi connectivity index (χ3n) is 3.95. The molecule has 23 heavy (non-hydrogen) atoms. The van der Waals surface area contributed by atoms with E-state index in [2.05, 4.69) is 10.3 Å². The van der Waals surface area contributed by atoms with Gasteiger partial charge < -0.3 is 5.32 Å². The van der Waals surface area contributed by atoms with Crippen molar-refractivity contribution in [1.82, 2.24) is 14.8 Å². The summed E-state index contributed by atoms with van der Waals surface area (Å²) >= 11 is 12.5. The van der Waals surface area contributed by atoms with Gasteiger partial charge in [-0.25, -0.2) is 4.68 Å². The number of halogens is 2. The number of hydrogen-bond acceptors (Lipinski definition) is 3. The van der Waals surface area contributed by atoms with Crippen LogP contribution in [-0.2, 0) is 12.8 Å². The van der Waals surface area contributed by atoms with Crippen molar-refractivity contribution in [2.24, 2.45) is 0 Å². The summed E-state index contributed by atoms with van der Waals surface area (Å²) < 4.78 is 1.86. The Morgan fingerprint density at radius 2 is 2.09 bits per heavy atom. The van der Waals surface area contributed by atoms with Gasteiger partial charge in [-0.15, -0.1) is 0 Å². The second kappa shape index (κ2) is 5.87. The topological polar surface area (TPSA) is 42.7 Å². The van der Waals surface area contributed by atoms with Crippen molar-refractivity contribution < 1.29 is 0 Å². The van der Waals surface area contributed by atoms with Crippen molar-refractivity contribution in [1.29, 1.82) is 0 Å². The molecule has 0 saturated heterocycles. The van der Waals surface area contributed by atoms with Crippen molar-refractivity contribution >= 4 is 29.0 Å². The van der Waals surface area contributed by atoms with Crippen molar-refractivity contribution in [2.75, 3.05) is 11.9 Å². The number of nitrogens with one attached hydrogen (secondary N) is 1. The summed E-state index contributed by atoms with van der Waals surface area (Å²) in [6.45, 7) is 0.903. The van der Waals surface area contributed by atoms with E-state index in [1.54, 1.807) is 18.3 Å². The molecule has 0 amide bonds. The molecule has 116 valence electrons. The highest BCUT2D eigenvalue weighted by Crippen LogP contribution is 2.33. The number of hydrogen-bond donors (Lipinski definition) is 1. The molecule has 1 aliphatic rings. The standard InChI is InChI=1S/C17H14Cl2N4/c18-11-4-5-14(19)16(9-11)23-17-13(6-8-21-17)15(22-23)10-12-3-1-2-7-20-12/h1-5,7,9,21H,6,8,10H2. The van der Waals surface area contributed by atoms with Gasteiger partial charge in [0.25, 0.3) is 0 Å². The first-order valence-electron chi connectivity index (χ1n) is 7.42. The van der Waals surface area contributed by atoms with Gasteiger partial charge in [0.05, 0.1) is 16.4 Å². The fraction of sp³-hybridized carbons (Fsp3) is 0.176. The van der Waals surface area contributed by atoms with Crippen LogP contribution in [0.3, 0.4) is 0 Å². The van der Waals surface area contributed by atoms with Gasteiger partial charge in [0.2, 0.25) is 0 Å². The van der Waals surface area contributed by atoms with Gasteiger partial charge in [-0.05, 0) is 36.8 Å². The molecule has 0 saturated carbocycles. The summed E-state index contributed by atoms with van der Waals surface area (Å²) in [4.78, 5) is 4.40. The first-order valence-corrected chi connectivity index (χ1v) is 8.18. The van der Waals surface area contributed by atoms with Crippen molar-refractivity contribution in [3.63, 3.8) is 0 Å². The maximum atomic E-state index is 6.34. The molecule has 2 aromatic heterocycles. The molecular weight excluding hydrogens is 331 g/mol. The number of nitrogens with zero attached hydrogens (tertiary/aromatic N) is 3. The van der Waals surface area contributed by atoms with Gasteiger partial charge in [-0.3, -0.25) is 4.98 Å². The molecule has 0 atom stereocenters. The van der Waals surface area contributed by atoms with Crippen LogP contribution in [0, 0.1) is 0 Å². The lowest BCUT2D eigenvalue weighted by Gasteiger charge is -2.08. The number of rotatable bonds is 3. The van der Waals surface area contributed by atoms with Crippen LogP contribution in [0.25, 0.3) is 5.69 Å². The number of anilines is 1.